The lowest BCUT2D eigenvalue weighted by Gasteiger charge is -2.30. The van der Waals surface area contributed by atoms with Crippen molar-refractivity contribution in [1.29, 1.82) is 0 Å². The molecule has 0 bridgehead atoms. The van der Waals surface area contributed by atoms with Gasteiger partial charge in [0.25, 0.3) is 0 Å². The third-order valence-electron chi connectivity index (χ3n) is 4.54. The van der Waals surface area contributed by atoms with E-state index in [0.717, 1.165) is 32.1 Å². The molecule has 2 N–H and O–H groups in total. The summed E-state index contributed by atoms with van der Waals surface area (Å²) in [4.78, 5) is 11.3. The minimum absolute atomic E-state index is 0.0532. The third-order valence-corrected chi connectivity index (χ3v) is 4.54. The molecule has 4 heteroatoms. The van der Waals surface area contributed by atoms with E-state index in [1.807, 2.05) is 13.0 Å². The van der Waals surface area contributed by atoms with Crippen LogP contribution in [0.15, 0.2) is 24.3 Å². The van der Waals surface area contributed by atoms with E-state index in [1.165, 1.54) is 6.07 Å². The summed E-state index contributed by atoms with van der Waals surface area (Å²) >= 11 is 0. The summed E-state index contributed by atoms with van der Waals surface area (Å²) in [6.45, 7) is 2.66. The third kappa shape index (κ3) is 4.03. The summed E-state index contributed by atoms with van der Waals surface area (Å²) in [5.74, 6) is -1.00. The molecule has 0 aliphatic heterocycles. The SMILES string of the molecule is CCC(NCC1CCCCC1C(=O)O)c1ccccc1F. The Hall–Kier alpha value is -1.42. The van der Waals surface area contributed by atoms with Gasteiger partial charge in [0.2, 0.25) is 0 Å². The summed E-state index contributed by atoms with van der Waals surface area (Å²) in [5, 5.41) is 12.7. The predicted molar refractivity (Wildman–Crippen MR) is 80.5 cm³/mol. The molecule has 1 aliphatic carbocycles. The van der Waals surface area contributed by atoms with Gasteiger partial charge in [-0.1, -0.05) is 38.0 Å². The Balaban J connectivity index is 1.99. The van der Waals surface area contributed by atoms with Crippen LogP contribution < -0.4 is 5.32 Å². The van der Waals surface area contributed by atoms with Crippen molar-refractivity contribution in [3.05, 3.63) is 35.6 Å². The van der Waals surface area contributed by atoms with E-state index in [2.05, 4.69) is 5.32 Å². The van der Waals surface area contributed by atoms with Gasteiger partial charge in [-0.15, -0.1) is 0 Å². The second-order valence-electron chi connectivity index (χ2n) is 5.88. The first-order chi connectivity index (χ1) is 10.1. The molecule has 0 amide bonds. The van der Waals surface area contributed by atoms with E-state index in [-0.39, 0.29) is 23.7 Å². The maximum atomic E-state index is 13.9. The molecule has 3 nitrogen and oxygen atoms in total. The van der Waals surface area contributed by atoms with Gasteiger partial charge < -0.3 is 10.4 Å². The molecule has 1 saturated carbocycles. The molecule has 0 heterocycles. The lowest BCUT2D eigenvalue weighted by Crippen LogP contribution is -2.36. The molecule has 3 atom stereocenters. The summed E-state index contributed by atoms with van der Waals surface area (Å²) in [6.07, 6.45) is 4.58. The number of halogens is 1. The highest BCUT2D eigenvalue weighted by molar-refractivity contribution is 5.70. The van der Waals surface area contributed by atoms with Crippen LogP contribution >= 0.6 is 0 Å². The molecule has 116 valence electrons. The van der Waals surface area contributed by atoms with E-state index in [4.69, 9.17) is 0 Å². The number of carboxylic acid groups (broad SMARTS) is 1. The number of hydrogen-bond acceptors (Lipinski definition) is 2. The van der Waals surface area contributed by atoms with Crippen molar-refractivity contribution in [2.45, 2.75) is 45.1 Å². The second-order valence-corrected chi connectivity index (χ2v) is 5.88. The standard InChI is InChI=1S/C17H24FNO2/c1-2-16(14-9-5-6-10-15(14)18)19-11-12-7-3-4-8-13(12)17(20)21/h5-6,9-10,12-13,16,19H,2-4,7-8,11H2,1H3,(H,20,21). The molecular weight excluding hydrogens is 269 g/mol. The minimum atomic E-state index is -0.694. The molecule has 2 rings (SSSR count). The van der Waals surface area contributed by atoms with Crippen LogP contribution in [-0.4, -0.2) is 17.6 Å². The average molecular weight is 293 g/mol. The van der Waals surface area contributed by atoms with Crippen LogP contribution in [0.2, 0.25) is 0 Å². The fraction of sp³-hybridized carbons (Fsp3) is 0.588. The number of hydrogen-bond donors (Lipinski definition) is 2. The van der Waals surface area contributed by atoms with Crippen molar-refractivity contribution in [2.24, 2.45) is 11.8 Å². The molecule has 1 fully saturated rings. The predicted octanol–water partition coefficient (Wildman–Crippen LogP) is 3.76. The number of carbonyl (C=O) groups is 1. The van der Waals surface area contributed by atoms with Crippen LogP contribution in [0.5, 0.6) is 0 Å². The van der Waals surface area contributed by atoms with E-state index in [9.17, 15) is 14.3 Å². The monoisotopic (exact) mass is 293 g/mol. The fourth-order valence-electron chi connectivity index (χ4n) is 3.30. The first-order valence-electron chi connectivity index (χ1n) is 7.84. The Morgan fingerprint density at radius 2 is 2.10 bits per heavy atom. The Kier molecular flexibility index (Phi) is 5.74. The Bertz CT molecular complexity index is 478. The molecule has 1 aromatic carbocycles. The Morgan fingerprint density at radius 3 is 2.76 bits per heavy atom. The molecule has 3 unspecified atom stereocenters. The molecule has 1 aromatic rings. The van der Waals surface area contributed by atoms with Crippen molar-refractivity contribution in [3.63, 3.8) is 0 Å². The molecule has 1 aliphatic rings. The van der Waals surface area contributed by atoms with Gasteiger partial charge in [-0.2, -0.15) is 0 Å². The number of benzene rings is 1. The van der Waals surface area contributed by atoms with Crippen LogP contribution in [-0.2, 0) is 4.79 Å². The average Bonchev–Trinajstić information content (AvgIpc) is 2.49. The van der Waals surface area contributed by atoms with Gasteiger partial charge in [0.15, 0.2) is 0 Å². The largest absolute Gasteiger partial charge is 0.481 e. The van der Waals surface area contributed by atoms with Gasteiger partial charge in [-0.05, 0) is 37.8 Å². The zero-order valence-corrected chi connectivity index (χ0v) is 12.5. The summed E-state index contributed by atoms with van der Waals surface area (Å²) in [7, 11) is 0. The number of aliphatic carboxylic acids is 1. The molecule has 0 saturated heterocycles. The highest BCUT2D eigenvalue weighted by Gasteiger charge is 2.31. The smallest absolute Gasteiger partial charge is 0.306 e. The van der Waals surface area contributed by atoms with Crippen molar-refractivity contribution in [1.82, 2.24) is 5.32 Å². The van der Waals surface area contributed by atoms with E-state index >= 15 is 0 Å². The van der Waals surface area contributed by atoms with Gasteiger partial charge in [0, 0.05) is 11.6 Å². The van der Waals surface area contributed by atoms with Crippen molar-refractivity contribution >= 4 is 5.97 Å². The normalized spacial score (nSPS) is 23.7. The van der Waals surface area contributed by atoms with Gasteiger partial charge in [0.1, 0.15) is 5.82 Å². The number of rotatable bonds is 6. The van der Waals surface area contributed by atoms with E-state index in [1.54, 1.807) is 12.1 Å². The van der Waals surface area contributed by atoms with Crippen LogP contribution in [0.1, 0.15) is 50.6 Å². The minimum Gasteiger partial charge on any atom is -0.481 e. The lowest BCUT2D eigenvalue weighted by molar-refractivity contribution is -0.144. The zero-order chi connectivity index (χ0) is 15.2. The quantitative estimate of drug-likeness (QED) is 0.839. The lowest BCUT2D eigenvalue weighted by atomic mass is 9.79. The first-order valence-corrected chi connectivity index (χ1v) is 7.84. The Labute approximate surface area is 125 Å². The second kappa shape index (κ2) is 7.55. The van der Waals surface area contributed by atoms with Crippen LogP contribution in [0.3, 0.4) is 0 Å². The molecule has 0 aromatic heterocycles. The van der Waals surface area contributed by atoms with Crippen molar-refractivity contribution in [2.75, 3.05) is 6.54 Å². The van der Waals surface area contributed by atoms with Crippen molar-refractivity contribution < 1.29 is 14.3 Å². The maximum absolute atomic E-state index is 13.9. The number of carboxylic acids is 1. The van der Waals surface area contributed by atoms with Gasteiger partial charge in [0.05, 0.1) is 5.92 Å². The first kappa shape index (κ1) is 16.0. The van der Waals surface area contributed by atoms with Crippen LogP contribution in [0.25, 0.3) is 0 Å². The summed E-state index contributed by atoms with van der Waals surface area (Å²) in [6, 6.07) is 6.74. The maximum Gasteiger partial charge on any atom is 0.306 e. The van der Waals surface area contributed by atoms with Gasteiger partial charge >= 0.3 is 5.97 Å². The fourth-order valence-corrected chi connectivity index (χ4v) is 3.30. The molecule has 0 radical (unpaired) electrons. The molecule has 21 heavy (non-hydrogen) atoms. The number of nitrogens with one attached hydrogen (secondary N) is 1. The van der Waals surface area contributed by atoms with Gasteiger partial charge in [-0.3, -0.25) is 4.79 Å². The highest BCUT2D eigenvalue weighted by atomic mass is 19.1. The Morgan fingerprint density at radius 1 is 1.38 bits per heavy atom. The highest BCUT2D eigenvalue weighted by Crippen LogP contribution is 2.30. The van der Waals surface area contributed by atoms with Crippen molar-refractivity contribution in [3.8, 4) is 0 Å². The molecule has 0 spiro atoms. The van der Waals surface area contributed by atoms with E-state index < -0.39 is 5.97 Å². The van der Waals surface area contributed by atoms with Crippen LogP contribution in [0.4, 0.5) is 4.39 Å². The topological polar surface area (TPSA) is 49.3 Å². The molecular formula is C17H24FNO2. The zero-order valence-electron chi connectivity index (χ0n) is 12.5. The summed E-state index contributed by atoms with van der Waals surface area (Å²) < 4.78 is 13.9. The van der Waals surface area contributed by atoms with Crippen LogP contribution in [0, 0.1) is 17.7 Å². The van der Waals surface area contributed by atoms with Gasteiger partial charge in [-0.25, -0.2) is 4.39 Å². The van der Waals surface area contributed by atoms with E-state index in [0.29, 0.717) is 12.1 Å². The summed E-state index contributed by atoms with van der Waals surface area (Å²) in [5.41, 5.74) is 0.669.